The molecule has 4 heteroatoms. The lowest BCUT2D eigenvalue weighted by Crippen LogP contribution is -2.07. The Morgan fingerprint density at radius 2 is 2.25 bits per heavy atom. The molecule has 16 heavy (non-hydrogen) atoms. The molecule has 0 unspecified atom stereocenters. The molecule has 1 aromatic heterocycles. The van der Waals surface area contributed by atoms with E-state index in [-0.39, 0.29) is 0 Å². The molecule has 0 saturated heterocycles. The average molecular weight is 243 g/mol. The Hall–Kier alpha value is -0.800. The van der Waals surface area contributed by atoms with Crippen LogP contribution in [0.2, 0.25) is 5.02 Å². The molecule has 0 aromatic carbocycles. The summed E-state index contributed by atoms with van der Waals surface area (Å²) in [5, 5.41) is 3.87. The Morgan fingerprint density at radius 1 is 1.44 bits per heavy atom. The molecule has 3 nitrogen and oxygen atoms in total. The molecule has 0 spiro atoms. The summed E-state index contributed by atoms with van der Waals surface area (Å²) in [4.78, 5) is 4.15. The zero-order valence-corrected chi connectivity index (χ0v) is 10.6. The Kier molecular flexibility index (Phi) is 6.19. The van der Waals surface area contributed by atoms with Crippen molar-refractivity contribution in [2.24, 2.45) is 0 Å². The van der Waals surface area contributed by atoms with Crippen LogP contribution in [0.1, 0.15) is 26.7 Å². The second-order valence-electron chi connectivity index (χ2n) is 3.89. The molecule has 0 amide bonds. The summed E-state index contributed by atoms with van der Waals surface area (Å²) in [6.07, 6.45) is 4.16. The van der Waals surface area contributed by atoms with E-state index in [4.69, 9.17) is 16.3 Å². The summed E-state index contributed by atoms with van der Waals surface area (Å²) in [5.74, 6) is 0.758. The molecule has 0 aliphatic carbocycles. The van der Waals surface area contributed by atoms with E-state index in [0.29, 0.717) is 11.1 Å². The van der Waals surface area contributed by atoms with Gasteiger partial charge in [0, 0.05) is 19.3 Å². The Labute approximate surface area is 102 Å². The number of halogens is 1. The molecule has 90 valence electrons. The predicted octanol–water partition coefficient (Wildman–Crippen LogP) is 3.35. The topological polar surface area (TPSA) is 34.1 Å². The minimum atomic E-state index is 0.318. The van der Waals surface area contributed by atoms with Crippen molar-refractivity contribution in [2.75, 3.05) is 18.5 Å². The first-order valence-electron chi connectivity index (χ1n) is 5.66. The largest absolute Gasteiger partial charge is 0.379 e. The normalized spacial score (nSPS) is 10.8. The molecule has 0 atom stereocenters. The van der Waals surface area contributed by atoms with Gasteiger partial charge in [-0.3, -0.25) is 0 Å². The van der Waals surface area contributed by atoms with Crippen LogP contribution in [-0.2, 0) is 4.74 Å². The van der Waals surface area contributed by atoms with Crippen molar-refractivity contribution in [2.45, 2.75) is 32.8 Å². The van der Waals surface area contributed by atoms with Crippen LogP contribution in [0.4, 0.5) is 5.82 Å². The molecular formula is C12H19ClN2O. The van der Waals surface area contributed by atoms with Crippen molar-refractivity contribution in [3.05, 3.63) is 23.4 Å². The lowest BCUT2D eigenvalue weighted by Gasteiger charge is -2.08. The first-order valence-corrected chi connectivity index (χ1v) is 6.04. The van der Waals surface area contributed by atoms with Crippen molar-refractivity contribution in [1.29, 1.82) is 0 Å². The minimum absolute atomic E-state index is 0.318. The molecule has 1 N–H and O–H groups in total. The number of aromatic nitrogens is 1. The summed E-state index contributed by atoms with van der Waals surface area (Å²) < 4.78 is 5.45. The molecule has 0 bridgehead atoms. The fraction of sp³-hybridized carbons (Fsp3) is 0.583. The highest BCUT2D eigenvalue weighted by Gasteiger charge is 1.98. The van der Waals surface area contributed by atoms with E-state index < -0.39 is 0 Å². The van der Waals surface area contributed by atoms with Gasteiger partial charge in [0.2, 0.25) is 0 Å². The highest BCUT2D eigenvalue weighted by molar-refractivity contribution is 6.32. The van der Waals surface area contributed by atoms with E-state index in [0.717, 1.165) is 31.8 Å². The summed E-state index contributed by atoms with van der Waals surface area (Å²) >= 11 is 5.96. The van der Waals surface area contributed by atoms with E-state index in [1.165, 1.54) is 0 Å². The van der Waals surface area contributed by atoms with Gasteiger partial charge in [0.05, 0.1) is 11.1 Å². The van der Waals surface area contributed by atoms with Crippen LogP contribution in [0.15, 0.2) is 18.3 Å². The van der Waals surface area contributed by atoms with Gasteiger partial charge in [0.25, 0.3) is 0 Å². The van der Waals surface area contributed by atoms with Gasteiger partial charge in [-0.05, 0) is 38.8 Å². The van der Waals surface area contributed by atoms with Gasteiger partial charge in [-0.2, -0.15) is 0 Å². The van der Waals surface area contributed by atoms with Crippen molar-refractivity contribution < 1.29 is 4.74 Å². The molecule has 1 aromatic rings. The first kappa shape index (κ1) is 13.3. The van der Waals surface area contributed by atoms with Crippen LogP contribution in [0, 0.1) is 0 Å². The molecule has 1 heterocycles. The molecule has 0 saturated carbocycles. The molecular weight excluding hydrogens is 224 g/mol. The smallest absolute Gasteiger partial charge is 0.144 e. The molecule has 0 radical (unpaired) electrons. The van der Waals surface area contributed by atoms with Gasteiger partial charge in [0.15, 0.2) is 0 Å². The van der Waals surface area contributed by atoms with Crippen LogP contribution in [0.25, 0.3) is 0 Å². The fourth-order valence-electron chi connectivity index (χ4n) is 1.27. The summed E-state index contributed by atoms with van der Waals surface area (Å²) in [5.41, 5.74) is 0. The lowest BCUT2D eigenvalue weighted by molar-refractivity contribution is 0.0765. The Morgan fingerprint density at radius 3 is 2.94 bits per heavy atom. The van der Waals surface area contributed by atoms with Crippen molar-refractivity contribution in [3.63, 3.8) is 0 Å². The number of hydrogen-bond donors (Lipinski definition) is 1. The number of pyridine rings is 1. The monoisotopic (exact) mass is 242 g/mol. The lowest BCUT2D eigenvalue weighted by atomic mass is 10.3. The van der Waals surface area contributed by atoms with Gasteiger partial charge in [-0.1, -0.05) is 11.6 Å². The van der Waals surface area contributed by atoms with Crippen molar-refractivity contribution in [3.8, 4) is 0 Å². The van der Waals surface area contributed by atoms with E-state index in [2.05, 4.69) is 10.3 Å². The molecule has 1 rings (SSSR count). The van der Waals surface area contributed by atoms with Crippen molar-refractivity contribution in [1.82, 2.24) is 4.98 Å². The summed E-state index contributed by atoms with van der Waals surface area (Å²) in [7, 11) is 0. The standard InChI is InChI=1S/C12H19ClN2O/c1-10(2)16-9-4-3-7-14-12-11(13)6-5-8-15-12/h5-6,8,10H,3-4,7,9H2,1-2H3,(H,14,15). The number of nitrogens with one attached hydrogen (secondary N) is 1. The maximum Gasteiger partial charge on any atom is 0.144 e. The molecule has 0 aliphatic heterocycles. The number of ether oxygens (including phenoxy) is 1. The van der Waals surface area contributed by atoms with Gasteiger partial charge < -0.3 is 10.1 Å². The highest BCUT2D eigenvalue weighted by Crippen LogP contribution is 2.17. The number of unbranched alkanes of at least 4 members (excludes halogenated alkanes) is 1. The third kappa shape index (κ3) is 5.33. The van der Waals surface area contributed by atoms with Crippen molar-refractivity contribution >= 4 is 17.4 Å². The third-order valence-electron chi connectivity index (χ3n) is 2.07. The minimum Gasteiger partial charge on any atom is -0.379 e. The Balaban J connectivity index is 2.10. The predicted molar refractivity (Wildman–Crippen MR) is 68.1 cm³/mol. The fourth-order valence-corrected chi connectivity index (χ4v) is 1.46. The highest BCUT2D eigenvalue weighted by atomic mass is 35.5. The van der Waals surface area contributed by atoms with E-state index in [1.807, 2.05) is 26.0 Å². The van der Waals surface area contributed by atoms with Gasteiger partial charge in [0.1, 0.15) is 5.82 Å². The number of anilines is 1. The van der Waals surface area contributed by atoms with Crippen LogP contribution >= 0.6 is 11.6 Å². The molecule has 0 fully saturated rings. The quantitative estimate of drug-likeness (QED) is 0.745. The van der Waals surface area contributed by atoms with Gasteiger partial charge in [-0.25, -0.2) is 4.98 Å². The van der Waals surface area contributed by atoms with Crippen LogP contribution in [-0.4, -0.2) is 24.2 Å². The third-order valence-corrected chi connectivity index (χ3v) is 2.38. The van der Waals surface area contributed by atoms with Gasteiger partial charge in [-0.15, -0.1) is 0 Å². The van der Waals surface area contributed by atoms with Crippen LogP contribution in [0.5, 0.6) is 0 Å². The zero-order chi connectivity index (χ0) is 11.8. The van der Waals surface area contributed by atoms with Gasteiger partial charge >= 0.3 is 0 Å². The van der Waals surface area contributed by atoms with E-state index >= 15 is 0 Å². The maximum atomic E-state index is 5.96. The number of nitrogens with zero attached hydrogens (tertiary/aromatic N) is 1. The van der Waals surface area contributed by atoms with E-state index in [9.17, 15) is 0 Å². The van der Waals surface area contributed by atoms with E-state index in [1.54, 1.807) is 6.20 Å². The van der Waals surface area contributed by atoms with Crippen LogP contribution < -0.4 is 5.32 Å². The summed E-state index contributed by atoms with van der Waals surface area (Å²) in [6, 6.07) is 3.66. The average Bonchev–Trinajstić information content (AvgIpc) is 2.25. The van der Waals surface area contributed by atoms with Crippen LogP contribution in [0.3, 0.4) is 0 Å². The Bertz CT molecular complexity index is 305. The summed E-state index contributed by atoms with van der Waals surface area (Å²) in [6.45, 7) is 5.78. The molecule has 0 aliphatic rings. The zero-order valence-electron chi connectivity index (χ0n) is 9.87. The second-order valence-corrected chi connectivity index (χ2v) is 4.29. The number of rotatable bonds is 7. The SMILES string of the molecule is CC(C)OCCCCNc1ncccc1Cl. The second kappa shape index (κ2) is 7.47. The maximum absolute atomic E-state index is 5.96. The first-order chi connectivity index (χ1) is 7.70. The number of hydrogen-bond acceptors (Lipinski definition) is 3.